The van der Waals surface area contributed by atoms with E-state index in [0.29, 0.717) is 17.4 Å². The summed E-state index contributed by atoms with van der Waals surface area (Å²) in [5.41, 5.74) is 0.416. The third kappa shape index (κ3) is 3.66. The minimum absolute atomic E-state index is 0.0425. The summed E-state index contributed by atoms with van der Waals surface area (Å²) in [6.07, 6.45) is 8.23. The van der Waals surface area contributed by atoms with Gasteiger partial charge in [-0.25, -0.2) is 4.98 Å². The molecule has 1 N–H and O–H groups in total. The number of hydrogen-bond acceptors (Lipinski definition) is 4. The van der Waals surface area contributed by atoms with E-state index in [2.05, 4.69) is 15.3 Å². The maximum absolute atomic E-state index is 12.3. The summed E-state index contributed by atoms with van der Waals surface area (Å²) in [6.45, 7) is 3.58. The zero-order valence-electron chi connectivity index (χ0n) is 11.7. The van der Waals surface area contributed by atoms with Crippen molar-refractivity contribution >= 4 is 11.7 Å². The molecular formula is C14H22N4O. The average Bonchev–Trinajstić information content (AvgIpc) is 2.91. The predicted octanol–water partition coefficient (Wildman–Crippen LogP) is 2.17. The monoisotopic (exact) mass is 262 g/mol. The molecule has 0 radical (unpaired) electrons. The van der Waals surface area contributed by atoms with Crippen molar-refractivity contribution in [3.63, 3.8) is 0 Å². The first-order chi connectivity index (χ1) is 9.20. The Hall–Kier alpha value is -1.65. The molecular weight excluding hydrogens is 240 g/mol. The number of carbonyl (C=O) groups is 1. The summed E-state index contributed by atoms with van der Waals surface area (Å²) in [7, 11) is 1.85. The molecule has 0 atom stereocenters. The van der Waals surface area contributed by atoms with Crippen molar-refractivity contribution in [1.29, 1.82) is 0 Å². The molecule has 1 heterocycles. The summed E-state index contributed by atoms with van der Waals surface area (Å²) >= 11 is 0. The van der Waals surface area contributed by atoms with Crippen molar-refractivity contribution in [2.45, 2.75) is 32.6 Å². The predicted molar refractivity (Wildman–Crippen MR) is 75.1 cm³/mol. The Bertz CT molecular complexity index is 429. The minimum Gasteiger partial charge on any atom is -0.369 e. The molecule has 1 fully saturated rings. The fourth-order valence-electron chi connectivity index (χ4n) is 2.59. The molecule has 0 bridgehead atoms. The van der Waals surface area contributed by atoms with Gasteiger partial charge in [0.05, 0.1) is 12.4 Å². The standard InChI is InChI=1S/C14H22N4O/c1-3-16-13-9-15-8-12(17-13)14(19)18(2)10-11-6-4-5-7-11/h8-9,11H,3-7,10H2,1-2H3,(H,16,17). The second kappa shape index (κ2) is 6.50. The van der Waals surface area contributed by atoms with Gasteiger partial charge in [0.2, 0.25) is 0 Å². The fraction of sp³-hybridized carbons (Fsp3) is 0.643. The smallest absolute Gasteiger partial charge is 0.273 e. The topological polar surface area (TPSA) is 58.1 Å². The van der Waals surface area contributed by atoms with E-state index < -0.39 is 0 Å². The first-order valence-corrected chi connectivity index (χ1v) is 7.02. The molecule has 1 aliphatic rings. The molecule has 1 aliphatic carbocycles. The zero-order chi connectivity index (χ0) is 13.7. The first-order valence-electron chi connectivity index (χ1n) is 7.02. The zero-order valence-corrected chi connectivity index (χ0v) is 11.7. The Morgan fingerprint density at radius 2 is 2.16 bits per heavy atom. The van der Waals surface area contributed by atoms with Gasteiger partial charge in [0, 0.05) is 20.1 Å². The van der Waals surface area contributed by atoms with Crippen molar-refractivity contribution in [2.75, 3.05) is 25.5 Å². The summed E-state index contributed by atoms with van der Waals surface area (Å²) < 4.78 is 0. The molecule has 5 heteroatoms. The van der Waals surface area contributed by atoms with Gasteiger partial charge in [0.25, 0.3) is 5.91 Å². The van der Waals surface area contributed by atoms with E-state index in [1.165, 1.54) is 31.9 Å². The Balaban J connectivity index is 1.99. The highest BCUT2D eigenvalue weighted by Crippen LogP contribution is 2.25. The van der Waals surface area contributed by atoms with Crippen LogP contribution in [0.2, 0.25) is 0 Å². The maximum atomic E-state index is 12.3. The van der Waals surface area contributed by atoms with Crippen LogP contribution in [0.4, 0.5) is 5.82 Å². The largest absolute Gasteiger partial charge is 0.369 e. The fourth-order valence-corrected chi connectivity index (χ4v) is 2.59. The maximum Gasteiger partial charge on any atom is 0.273 e. The molecule has 0 unspecified atom stereocenters. The molecule has 1 aromatic rings. The molecule has 1 saturated carbocycles. The lowest BCUT2D eigenvalue weighted by molar-refractivity contribution is 0.0767. The highest BCUT2D eigenvalue weighted by molar-refractivity contribution is 5.92. The molecule has 0 aliphatic heterocycles. The minimum atomic E-state index is -0.0425. The first kappa shape index (κ1) is 13.8. The lowest BCUT2D eigenvalue weighted by Gasteiger charge is -2.20. The van der Waals surface area contributed by atoms with Crippen molar-refractivity contribution in [3.05, 3.63) is 18.1 Å². The lowest BCUT2D eigenvalue weighted by atomic mass is 10.1. The van der Waals surface area contributed by atoms with Gasteiger partial charge in [-0.1, -0.05) is 12.8 Å². The quantitative estimate of drug-likeness (QED) is 0.883. The Kier molecular flexibility index (Phi) is 4.71. The number of aromatic nitrogens is 2. The molecule has 104 valence electrons. The third-order valence-corrected chi connectivity index (χ3v) is 3.57. The third-order valence-electron chi connectivity index (χ3n) is 3.57. The van der Waals surface area contributed by atoms with E-state index in [4.69, 9.17) is 0 Å². The van der Waals surface area contributed by atoms with Crippen LogP contribution in [-0.2, 0) is 0 Å². The van der Waals surface area contributed by atoms with Crippen LogP contribution >= 0.6 is 0 Å². The Morgan fingerprint density at radius 3 is 2.84 bits per heavy atom. The van der Waals surface area contributed by atoms with E-state index in [-0.39, 0.29) is 5.91 Å². The van der Waals surface area contributed by atoms with Crippen LogP contribution in [0.5, 0.6) is 0 Å². The van der Waals surface area contributed by atoms with E-state index in [0.717, 1.165) is 13.1 Å². The summed E-state index contributed by atoms with van der Waals surface area (Å²) in [4.78, 5) is 22.4. The van der Waals surface area contributed by atoms with Crippen molar-refractivity contribution in [1.82, 2.24) is 14.9 Å². The molecule has 1 amide bonds. The Morgan fingerprint density at radius 1 is 1.42 bits per heavy atom. The molecule has 0 saturated heterocycles. The van der Waals surface area contributed by atoms with Gasteiger partial charge in [-0.2, -0.15) is 0 Å². The average molecular weight is 262 g/mol. The van der Waals surface area contributed by atoms with Crippen LogP contribution in [0, 0.1) is 5.92 Å². The highest BCUT2D eigenvalue weighted by atomic mass is 16.2. The number of carbonyl (C=O) groups excluding carboxylic acids is 1. The number of rotatable bonds is 5. The summed E-state index contributed by atoms with van der Waals surface area (Å²) in [5.74, 6) is 1.26. The number of amides is 1. The van der Waals surface area contributed by atoms with Gasteiger partial charge in [0.1, 0.15) is 11.5 Å². The Labute approximate surface area is 114 Å². The number of nitrogens with one attached hydrogen (secondary N) is 1. The lowest BCUT2D eigenvalue weighted by Crippen LogP contribution is -2.31. The molecule has 5 nitrogen and oxygen atoms in total. The molecule has 0 spiro atoms. The van der Waals surface area contributed by atoms with Gasteiger partial charge in [-0.15, -0.1) is 0 Å². The van der Waals surface area contributed by atoms with Gasteiger partial charge in [0.15, 0.2) is 0 Å². The van der Waals surface area contributed by atoms with Crippen LogP contribution in [0.1, 0.15) is 43.1 Å². The van der Waals surface area contributed by atoms with Crippen LogP contribution in [0.15, 0.2) is 12.4 Å². The second-order valence-electron chi connectivity index (χ2n) is 5.16. The highest BCUT2D eigenvalue weighted by Gasteiger charge is 2.21. The van der Waals surface area contributed by atoms with E-state index in [1.807, 2.05) is 14.0 Å². The van der Waals surface area contributed by atoms with Gasteiger partial charge < -0.3 is 10.2 Å². The normalized spacial score (nSPS) is 15.5. The van der Waals surface area contributed by atoms with E-state index in [9.17, 15) is 4.79 Å². The van der Waals surface area contributed by atoms with E-state index >= 15 is 0 Å². The number of nitrogens with zero attached hydrogens (tertiary/aromatic N) is 3. The van der Waals surface area contributed by atoms with Crippen molar-refractivity contribution < 1.29 is 4.79 Å². The SMILES string of the molecule is CCNc1cncc(C(=O)N(C)CC2CCCC2)n1. The van der Waals surface area contributed by atoms with Crippen LogP contribution in [0.25, 0.3) is 0 Å². The summed E-state index contributed by atoms with van der Waals surface area (Å²) in [6, 6.07) is 0. The number of anilines is 1. The number of hydrogen-bond donors (Lipinski definition) is 1. The molecule has 2 rings (SSSR count). The molecule has 19 heavy (non-hydrogen) atoms. The van der Waals surface area contributed by atoms with Crippen LogP contribution in [0.3, 0.4) is 0 Å². The second-order valence-corrected chi connectivity index (χ2v) is 5.16. The van der Waals surface area contributed by atoms with Gasteiger partial charge in [-0.05, 0) is 25.7 Å². The summed E-state index contributed by atoms with van der Waals surface area (Å²) in [5, 5.41) is 3.07. The van der Waals surface area contributed by atoms with Crippen molar-refractivity contribution in [2.24, 2.45) is 5.92 Å². The van der Waals surface area contributed by atoms with Crippen LogP contribution < -0.4 is 5.32 Å². The molecule has 1 aromatic heterocycles. The van der Waals surface area contributed by atoms with E-state index in [1.54, 1.807) is 11.1 Å². The van der Waals surface area contributed by atoms with Gasteiger partial charge in [-0.3, -0.25) is 9.78 Å². The van der Waals surface area contributed by atoms with Gasteiger partial charge >= 0.3 is 0 Å². The van der Waals surface area contributed by atoms with Crippen LogP contribution in [-0.4, -0.2) is 40.9 Å². The van der Waals surface area contributed by atoms with Crippen molar-refractivity contribution in [3.8, 4) is 0 Å². The molecule has 0 aromatic carbocycles.